The van der Waals surface area contributed by atoms with Crippen LogP contribution in [-0.4, -0.2) is 115 Å². The van der Waals surface area contributed by atoms with Gasteiger partial charge in [-0.25, -0.2) is 10.5 Å². The maximum atomic E-state index is 14.9. The van der Waals surface area contributed by atoms with E-state index in [1.54, 1.807) is 6.92 Å². The fourth-order valence-corrected chi connectivity index (χ4v) is 13.0. The van der Waals surface area contributed by atoms with Crippen LogP contribution in [-0.2, 0) is 59.2 Å². The molecule has 8 aromatic carbocycles. The molecule has 0 amide bonds. The molecule has 12 N–H and O–H groups in total. The van der Waals surface area contributed by atoms with Gasteiger partial charge in [0.25, 0.3) is 40.5 Å². The molecular weight excluding hydrogens is 1340 g/mol. The molecule has 0 aliphatic rings. The molecule has 0 radical (unpaired) electrons. The van der Waals surface area contributed by atoms with Crippen LogP contribution >= 0.6 is 24.1 Å². The molecule has 2 aromatic heterocycles. The van der Waals surface area contributed by atoms with Crippen molar-refractivity contribution < 1.29 is 100 Å². The SMILES string of the molecule is CC(CNc1nc(F)nc(Nc2ccc3c(O)c(N=Nc4ccc5c(SOOO)cccc5c4S(=O)(=O)O)c(SOOO)cc3c2)n1)Nc1nc(F)nc(Nc2ccc3c(O)c(N=Nc4ccc5c(S(=O)(=O)O)cccc5c4S(=O)(=O)O)c(S(=O)(=O)O)cc3c2)n1. The monoisotopic (exact) mass is 1370 g/mol. The molecule has 10 rings (SSSR count). The van der Waals surface area contributed by atoms with Crippen LogP contribution in [0.2, 0.25) is 0 Å². The zero-order chi connectivity index (χ0) is 65.3. The second-order valence-corrected chi connectivity index (χ2v) is 25.5. The van der Waals surface area contributed by atoms with Gasteiger partial charge in [-0.15, -0.1) is 29.1 Å². The average molecular weight is 1370 g/mol. The lowest BCUT2D eigenvalue weighted by atomic mass is 10.1. The predicted molar refractivity (Wildman–Crippen MR) is 316 cm³/mol. The fraction of sp³-hybridized carbons (Fsp3) is 0.0612. The highest BCUT2D eigenvalue weighted by Crippen LogP contribution is 2.47. The first-order chi connectivity index (χ1) is 43.1. The van der Waals surface area contributed by atoms with Gasteiger partial charge < -0.3 is 31.5 Å². The minimum absolute atomic E-state index is 0.0344. The number of phenols is 2. The maximum absolute atomic E-state index is 14.9. The van der Waals surface area contributed by atoms with Crippen LogP contribution in [0.15, 0.2) is 159 Å². The molecule has 91 heavy (non-hydrogen) atoms. The summed E-state index contributed by atoms with van der Waals surface area (Å²) in [5.41, 5.74) is -2.04. The van der Waals surface area contributed by atoms with E-state index in [1.165, 1.54) is 72.8 Å². The Bertz CT molecular complexity index is 5150. The molecule has 0 fully saturated rings. The molecule has 0 aliphatic carbocycles. The van der Waals surface area contributed by atoms with E-state index in [1.807, 2.05) is 0 Å². The van der Waals surface area contributed by atoms with Gasteiger partial charge in [-0.05, 0) is 95.9 Å². The number of nitrogens with zero attached hydrogens (tertiary/aromatic N) is 10. The van der Waals surface area contributed by atoms with Gasteiger partial charge in [-0.2, -0.15) is 72.4 Å². The minimum atomic E-state index is -5.28. The van der Waals surface area contributed by atoms with E-state index < -0.39 is 112 Å². The van der Waals surface area contributed by atoms with Crippen LogP contribution in [0.1, 0.15) is 6.92 Å². The largest absolute Gasteiger partial charge is 0.505 e. The van der Waals surface area contributed by atoms with Crippen molar-refractivity contribution in [1.29, 1.82) is 0 Å². The van der Waals surface area contributed by atoms with Crippen LogP contribution in [0.4, 0.5) is 66.7 Å². The first-order valence-electron chi connectivity index (χ1n) is 24.7. The molecule has 0 saturated heterocycles. The summed E-state index contributed by atoms with van der Waals surface area (Å²) in [4.78, 5) is 19.7. The number of halogens is 2. The van der Waals surface area contributed by atoms with Crippen molar-refractivity contribution in [3.05, 3.63) is 121 Å². The highest BCUT2D eigenvalue weighted by molar-refractivity contribution is 7.95. The first kappa shape index (κ1) is 64.8. The van der Waals surface area contributed by atoms with Gasteiger partial charge in [-0.3, -0.25) is 18.2 Å². The van der Waals surface area contributed by atoms with Crippen LogP contribution in [0.25, 0.3) is 43.1 Å². The number of benzene rings is 8. The Morgan fingerprint density at radius 2 is 0.967 bits per heavy atom. The van der Waals surface area contributed by atoms with Crippen molar-refractivity contribution in [1.82, 2.24) is 29.9 Å². The zero-order valence-electron chi connectivity index (χ0n) is 44.8. The van der Waals surface area contributed by atoms with Crippen molar-refractivity contribution in [2.45, 2.75) is 42.3 Å². The Balaban J connectivity index is 0.832. The Labute approximate surface area is 516 Å². The molecule has 10 aromatic rings. The second-order valence-electron chi connectivity index (χ2n) is 18.5. The van der Waals surface area contributed by atoms with Gasteiger partial charge in [0, 0.05) is 55.8 Å². The highest BCUT2D eigenvalue weighted by Gasteiger charge is 2.28. The molecule has 2 heterocycles. The smallest absolute Gasteiger partial charge is 0.315 e. The third-order valence-corrected chi connectivity index (χ3v) is 17.5. The molecule has 0 bridgehead atoms. The van der Waals surface area contributed by atoms with Crippen LogP contribution in [0.5, 0.6) is 11.5 Å². The number of phenolic OH excluding ortho intramolecular Hbond substituents is 2. The minimum Gasteiger partial charge on any atom is -0.505 e. The molecule has 42 heteroatoms. The number of azo groups is 2. The maximum Gasteiger partial charge on any atom is 0.315 e. The van der Waals surface area contributed by atoms with E-state index in [-0.39, 0.29) is 94.6 Å². The molecule has 0 saturated carbocycles. The first-order valence-corrected chi connectivity index (χ1v) is 31.9. The lowest BCUT2D eigenvalue weighted by Crippen LogP contribution is -2.27. The van der Waals surface area contributed by atoms with E-state index in [9.17, 15) is 70.9 Å². The predicted octanol–water partition coefficient (Wildman–Crippen LogP) is 10.4. The summed E-state index contributed by atoms with van der Waals surface area (Å²) in [5, 5.41) is 73.9. The third-order valence-electron chi connectivity index (χ3n) is 12.6. The topological polar surface area (TPSA) is 510 Å². The molecule has 472 valence electrons. The number of aromatic hydroxyl groups is 2. The van der Waals surface area contributed by atoms with E-state index in [0.717, 1.165) is 36.4 Å². The van der Waals surface area contributed by atoms with Gasteiger partial charge >= 0.3 is 12.2 Å². The number of hydrogen-bond donors (Lipinski definition) is 12. The lowest BCUT2D eigenvalue weighted by Gasteiger charge is -2.16. The molecule has 1 atom stereocenters. The number of nitrogens with one attached hydrogen (secondary N) is 4. The third kappa shape index (κ3) is 14.5. The number of hydrogen-bond acceptors (Lipinski definition) is 32. The zero-order valence-corrected chi connectivity index (χ0v) is 49.7. The lowest BCUT2D eigenvalue weighted by molar-refractivity contribution is -0.432. The summed E-state index contributed by atoms with van der Waals surface area (Å²) in [6.07, 6.45) is -2.52. The van der Waals surface area contributed by atoms with Gasteiger partial charge in [0.2, 0.25) is 23.8 Å². The Hall–Kier alpha value is -9.22. The van der Waals surface area contributed by atoms with E-state index in [2.05, 4.69) is 90.4 Å². The summed E-state index contributed by atoms with van der Waals surface area (Å²) in [6.45, 7) is 1.48. The van der Waals surface area contributed by atoms with Crippen molar-refractivity contribution >= 4 is 166 Å². The number of fused-ring (bicyclic) bond motifs is 4. The van der Waals surface area contributed by atoms with Gasteiger partial charge in [-0.1, -0.05) is 46.5 Å². The number of anilines is 6. The summed E-state index contributed by atoms with van der Waals surface area (Å²) in [7, 11) is -20.5. The number of aromatic nitrogens is 6. The normalized spacial score (nSPS) is 12.8. The summed E-state index contributed by atoms with van der Waals surface area (Å²) < 4.78 is 179. The standard InChI is InChI=1S/C49H36F2N14O20S6/c1-21(53-47-57-45(51)59-49(61-47)55-25-9-11-27-23(17-25)19-37(89(73,74)75)39(41(27)67)65-63-33-15-13-29-31(43(33)91(79,80)81)5-3-7-36(29)88(70,71)72)20-52-46-56-44(50)58-48(60-46)54-24-8-10-26-22(16-24)18-35(87-85-83-69)38(40(26)66)64-62-32-14-12-28-30(42(32)90(76,77)78)4-2-6-34(28)86-84-82-68/h2-19,21,66-69H,20H2,1H3,(H,70,71,72)(H,73,74,75)(H,76,77,78)(H,79,80,81)(H2,52,54,56,58,60)(H2,53,55,57,59,61). The van der Waals surface area contributed by atoms with Gasteiger partial charge in [0.05, 0.1) is 29.0 Å². The molecule has 1 unspecified atom stereocenters. The van der Waals surface area contributed by atoms with Crippen molar-refractivity contribution in [3.63, 3.8) is 0 Å². The Morgan fingerprint density at radius 1 is 0.495 bits per heavy atom. The van der Waals surface area contributed by atoms with Gasteiger partial charge in [0.15, 0.2) is 11.5 Å². The van der Waals surface area contributed by atoms with E-state index >= 15 is 0 Å². The van der Waals surface area contributed by atoms with Crippen molar-refractivity contribution in [2.75, 3.05) is 27.8 Å². The van der Waals surface area contributed by atoms with Gasteiger partial charge in [0.1, 0.15) is 42.3 Å². The van der Waals surface area contributed by atoms with E-state index in [4.69, 9.17) is 10.5 Å². The Morgan fingerprint density at radius 3 is 1.53 bits per heavy atom. The second kappa shape index (κ2) is 25.9. The summed E-state index contributed by atoms with van der Waals surface area (Å²) in [6, 6.07) is 21.4. The molecular formula is C49H36F2N14O20S6. The van der Waals surface area contributed by atoms with Crippen molar-refractivity contribution in [2.24, 2.45) is 20.5 Å². The Kier molecular flexibility index (Phi) is 18.5. The van der Waals surface area contributed by atoms with E-state index in [0.29, 0.717) is 24.1 Å². The summed E-state index contributed by atoms with van der Waals surface area (Å²) in [5.74, 6) is -2.81. The fourth-order valence-electron chi connectivity index (χ4n) is 8.93. The molecule has 34 nitrogen and oxygen atoms in total. The molecule has 0 aliphatic heterocycles. The van der Waals surface area contributed by atoms with Crippen LogP contribution in [0, 0.1) is 12.2 Å². The quantitative estimate of drug-likeness (QED) is 0.00930. The number of rotatable bonds is 23. The summed E-state index contributed by atoms with van der Waals surface area (Å²) >= 11 is 0.880. The highest BCUT2D eigenvalue weighted by atomic mass is 32.2. The van der Waals surface area contributed by atoms with Crippen LogP contribution in [0.3, 0.4) is 0 Å². The average Bonchev–Trinajstić information content (AvgIpc) is 0.799. The van der Waals surface area contributed by atoms with Crippen molar-refractivity contribution in [3.8, 4) is 11.5 Å². The molecule has 0 spiro atoms. The van der Waals surface area contributed by atoms with Crippen LogP contribution < -0.4 is 21.3 Å².